The minimum atomic E-state index is -1.14. The molecule has 1 aliphatic carbocycles. The van der Waals surface area contributed by atoms with Gasteiger partial charge in [-0.25, -0.2) is 0 Å². The van der Waals surface area contributed by atoms with E-state index < -0.39 is 23.5 Å². The lowest BCUT2D eigenvalue weighted by molar-refractivity contribution is -0.146. The Morgan fingerprint density at radius 1 is 1.17 bits per heavy atom. The van der Waals surface area contributed by atoms with Crippen LogP contribution >= 0.6 is 0 Å². The van der Waals surface area contributed by atoms with Crippen molar-refractivity contribution >= 4 is 17.5 Å². The smallest absolute Gasteiger partial charge is 0.307 e. The molecule has 1 fully saturated rings. The Balaban J connectivity index is 2.77. The second-order valence-electron chi connectivity index (χ2n) is 4.57. The van der Waals surface area contributed by atoms with Gasteiger partial charge in [0.25, 0.3) is 0 Å². The van der Waals surface area contributed by atoms with Crippen LogP contribution in [0.1, 0.15) is 45.4 Å². The number of carbonyl (C=O) groups excluding carboxylic acids is 2. The van der Waals surface area contributed by atoms with Crippen molar-refractivity contribution in [1.82, 2.24) is 0 Å². The van der Waals surface area contributed by atoms with Gasteiger partial charge in [0.15, 0.2) is 11.6 Å². The summed E-state index contributed by atoms with van der Waals surface area (Å²) in [7, 11) is 0. The van der Waals surface area contributed by atoms with Crippen LogP contribution in [0.2, 0.25) is 0 Å². The molecule has 0 unspecified atom stereocenters. The first-order valence-electron chi connectivity index (χ1n) is 6.18. The molecule has 1 saturated carbocycles. The number of carbonyl (C=O) groups is 3. The van der Waals surface area contributed by atoms with Gasteiger partial charge in [0.1, 0.15) is 5.76 Å². The Hall–Kier alpha value is -1.65. The zero-order chi connectivity index (χ0) is 13.7. The van der Waals surface area contributed by atoms with E-state index in [0.717, 1.165) is 19.3 Å². The molecule has 1 aliphatic rings. The molecule has 0 aromatic heterocycles. The second-order valence-corrected chi connectivity index (χ2v) is 4.57. The molecule has 0 bridgehead atoms. The minimum absolute atomic E-state index is 0.177. The van der Waals surface area contributed by atoms with Crippen molar-refractivity contribution in [2.24, 2.45) is 5.92 Å². The molecular weight excluding hydrogens is 236 g/mol. The monoisotopic (exact) mass is 254 g/mol. The van der Waals surface area contributed by atoms with Crippen LogP contribution in [0.15, 0.2) is 11.3 Å². The van der Waals surface area contributed by atoms with E-state index >= 15 is 0 Å². The van der Waals surface area contributed by atoms with Gasteiger partial charge < -0.3 is 10.2 Å². The number of ketones is 2. The number of carboxylic acid groups (broad SMARTS) is 1. The Bertz CT molecular complexity index is 374. The third kappa shape index (κ3) is 3.42. The van der Waals surface area contributed by atoms with E-state index in [1.807, 2.05) is 6.92 Å². The number of Topliss-reactive ketones (excluding diaryl/α,β-unsaturated/α-hetero) is 2. The number of aliphatic carboxylic acids is 1. The highest BCUT2D eigenvalue weighted by atomic mass is 16.4. The van der Waals surface area contributed by atoms with E-state index in [-0.39, 0.29) is 24.2 Å². The number of hydrogen-bond acceptors (Lipinski definition) is 4. The zero-order valence-electron chi connectivity index (χ0n) is 10.4. The normalized spacial score (nSPS) is 20.1. The first-order valence-corrected chi connectivity index (χ1v) is 6.18. The molecule has 0 saturated heterocycles. The van der Waals surface area contributed by atoms with E-state index in [0.29, 0.717) is 6.42 Å². The molecular formula is C13H18O5. The molecule has 0 aromatic carbocycles. The van der Waals surface area contributed by atoms with E-state index in [9.17, 15) is 19.5 Å². The van der Waals surface area contributed by atoms with Crippen LogP contribution in [0.25, 0.3) is 0 Å². The van der Waals surface area contributed by atoms with Gasteiger partial charge in [0.2, 0.25) is 0 Å². The number of aliphatic hydroxyl groups excluding tert-OH is 1. The van der Waals surface area contributed by atoms with E-state index in [1.54, 1.807) is 0 Å². The highest BCUT2D eigenvalue weighted by Gasteiger charge is 2.36. The van der Waals surface area contributed by atoms with Gasteiger partial charge in [-0.2, -0.15) is 0 Å². The predicted octanol–water partition coefficient (Wildman–Crippen LogP) is 2.01. The summed E-state index contributed by atoms with van der Waals surface area (Å²) in [5.74, 6) is -3.36. The van der Waals surface area contributed by atoms with Gasteiger partial charge in [-0.05, 0) is 6.42 Å². The fraction of sp³-hybridized carbons (Fsp3) is 0.615. The van der Waals surface area contributed by atoms with Crippen molar-refractivity contribution in [3.8, 4) is 0 Å². The van der Waals surface area contributed by atoms with Crippen LogP contribution in [-0.4, -0.2) is 27.7 Å². The predicted molar refractivity (Wildman–Crippen MR) is 64.2 cm³/mol. The Kier molecular flexibility index (Phi) is 5.07. The summed E-state index contributed by atoms with van der Waals surface area (Å²) in [5.41, 5.74) is -0.177. The maximum atomic E-state index is 11.7. The van der Waals surface area contributed by atoms with Gasteiger partial charge >= 0.3 is 5.97 Å². The summed E-state index contributed by atoms with van der Waals surface area (Å²) in [4.78, 5) is 34.1. The summed E-state index contributed by atoms with van der Waals surface area (Å²) in [6.07, 6.45) is 2.51. The number of rotatable bonds is 5. The molecule has 0 amide bonds. The van der Waals surface area contributed by atoms with Gasteiger partial charge in [0, 0.05) is 19.3 Å². The van der Waals surface area contributed by atoms with Crippen LogP contribution in [-0.2, 0) is 14.4 Å². The van der Waals surface area contributed by atoms with E-state index in [1.165, 1.54) is 0 Å². The summed E-state index contributed by atoms with van der Waals surface area (Å²) in [6, 6.07) is 0. The Morgan fingerprint density at radius 3 is 2.17 bits per heavy atom. The molecule has 2 N–H and O–H groups in total. The number of carboxylic acids is 1. The molecule has 0 radical (unpaired) electrons. The van der Waals surface area contributed by atoms with Gasteiger partial charge in [-0.1, -0.05) is 19.8 Å². The van der Waals surface area contributed by atoms with Crippen LogP contribution in [0.4, 0.5) is 0 Å². The maximum Gasteiger partial charge on any atom is 0.307 e. The number of allylic oxidation sites excluding steroid dienone is 2. The fourth-order valence-electron chi connectivity index (χ4n) is 2.04. The number of aliphatic hydroxyl groups is 1. The van der Waals surface area contributed by atoms with E-state index in [2.05, 4.69) is 0 Å². The molecule has 5 heteroatoms. The van der Waals surface area contributed by atoms with Gasteiger partial charge in [-0.15, -0.1) is 0 Å². The molecule has 18 heavy (non-hydrogen) atoms. The highest BCUT2D eigenvalue weighted by Crippen LogP contribution is 2.26. The molecule has 1 rings (SSSR count). The lowest BCUT2D eigenvalue weighted by Crippen LogP contribution is -2.31. The quantitative estimate of drug-likeness (QED) is 0.339. The van der Waals surface area contributed by atoms with Crippen LogP contribution < -0.4 is 0 Å². The molecule has 5 nitrogen and oxygen atoms in total. The van der Waals surface area contributed by atoms with E-state index in [4.69, 9.17) is 5.11 Å². The van der Waals surface area contributed by atoms with Crippen molar-refractivity contribution < 1.29 is 24.6 Å². The van der Waals surface area contributed by atoms with Crippen LogP contribution in [0, 0.1) is 5.92 Å². The van der Waals surface area contributed by atoms with Gasteiger partial charge in [0.05, 0.1) is 11.5 Å². The summed E-state index contributed by atoms with van der Waals surface area (Å²) >= 11 is 0. The second kappa shape index (κ2) is 6.33. The third-order valence-corrected chi connectivity index (χ3v) is 3.08. The first kappa shape index (κ1) is 14.4. The molecule has 0 heterocycles. The summed E-state index contributed by atoms with van der Waals surface area (Å²) < 4.78 is 0. The fourth-order valence-corrected chi connectivity index (χ4v) is 2.04. The highest BCUT2D eigenvalue weighted by molar-refractivity contribution is 6.23. The molecule has 0 atom stereocenters. The van der Waals surface area contributed by atoms with Crippen molar-refractivity contribution in [1.29, 1.82) is 0 Å². The van der Waals surface area contributed by atoms with Crippen molar-refractivity contribution in [2.45, 2.75) is 45.4 Å². The lowest BCUT2D eigenvalue weighted by Gasteiger charge is -2.19. The molecule has 100 valence electrons. The standard InChI is InChI=1S/C13H18O5/c1-2-3-4-5-9(14)12-10(15)6-8(13(17)18)7-11(12)16/h8,14H,2-7H2,1H3,(H,17,18). The minimum Gasteiger partial charge on any atom is -0.511 e. The lowest BCUT2D eigenvalue weighted by atomic mass is 9.83. The van der Waals surface area contributed by atoms with Crippen LogP contribution in [0.3, 0.4) is 0 Å². The Morgan fingerprint density at radius 2 is 1.72 bits per heavy atom. The average molecular weight is 254 g/mol. The summed E-state index contributed by atoms with van der Waals surface area (Å²) in [6.45, 7) is 2.01. The molecule has 0 aliphatic heterocycles. The number of hydrogen-bond donors (Lipinski definition) is 2. The van der Waals surface area contributed by atoms with Crippen LogP contribution in [0.5, 0.6) is 0 Å². The first-order chi connectivity index (χ1) is 8.47. The van der Waals surface area contributed by atoms with Crippen molar-refractivity contribution in [3.05, 3.63) is 11.3 Å². The van der Waals surface area contributed by atoms with Crippen molar-refractivity contribution in [3.63, 3.8) is 0 Å². The number of unbranched alkanes of at least 4 members (excludes halogenated alkanes) is 2. The zero-order valence-corrected chi connectivity index (χ0v) is 10.4. The SMILES string of the molecule is CCCCCC(O)=C1C(=O)CC(C(=O)O)CC1=O. The average Bonchev–Trinajstić information content (AvgIpc) is 2.28. The molecule has 0 aromatic rings. The summed E-state index contributed by atoms with van der Waals surface area (Å²) in [5, 5.41) is 18.5. The van der Waals surface area contributed by atoms with Crippen molar-refractivity contribution in [2.75, 3.05) is 0 Å². The molecule has 0 spiro atoms. The Labute approximate surface area is 105 Å². The maximum absolute atomic E-state index is 11.7. The third-order valence-electron chi connectivity index (χ3n) is 3.08. The topological polar surface area (TPSA) is 91.7 Å². The largest absolute Gasteiger partial charge is 0.511 e. The van der Waals surface area contributed by atoms with Gasteiger partial charge in [-0.3, -0.25) is 14.4 Å².